The highest BCUT2D eigenvalue weighted by Gasteiger charge is 2.24. The number of aromatic nitrogens is 2. The largest absolute Gasteiger partial charge is 0.477 e. The molecule has 8 nitrogen and oxygen atoms in total. The number of rotatable bonds is 6. The van der Waals surface area contributed by atoms with Crippen LogP contribution in [0.3, 0.4) is 0 Å². The second-order valence-electron chi connectivity index (χ2n) is 6.91. The van der Waals surface area contributed by atoms with Crippen LogP contribution in [0.4, 0.5) is 10.8 Å². The third-order valence-electron chi connectivity index (χ3n) is 4.84. The molecule has 0 saturated carbocycles. The fourth-order valence-electron chi connectivity index (χ4n) is 3.27. The van der Waals surface area contributed by atoms with Gasteiger partial charge in [-0.25, -0.2) is 9.78 Å². The Morgan fingerprint density at radius 1 is 1.17 bits per heavy atom. The first-order valence-electron chi connectivity index (χ1n) is 9.94. The van der Waals surface area contributed by atoms with E-state index in [0.29, 0.717) is 51.2 Å². The summed E-state index contributed by atoms with van der Waals surface area (Å²) in [5, 5.41) is 2.97. The maximum Gasteiger partial charge on any atom is 0.317 e. The number of nitrogens with zero attached hydrogens (tertiary/aromatic N) is 4. The van der Waals surface area contributed by atoms with Crippen molar-refractivity contribution in [3.63, 3.8) is 0 Å². The molecule has 1 fully saturated rings. The zero-order valence-electron chi connectivity index (χ0n) is 16.5. The highest BCUT2D eigenvalue weighted by Crippen LogP contribution is 2.22. The van der Waals surface area contributed by atoms with E-state index >= 15 is 0 Å². The molecule has 1 N–H and O–H groups in total. The van der Waals surface area contributed by atoms with E-state index < -0.39 is 0 Å². The van der Waals surface area contributed by atoms with Crippen LogP contribution in [0.1, 0.15) is 18.9 Å². The van der Waals surface area contributed by atoms with Crippen LogP contribution in [0.25, 0.3) is 11.1 Å². The average molecular weight is 395 g/mol. The molecule has 2 aromatic heterocycles. The summed E-state index contributed by atoms with van der Waals surface area (Å²) in [5.74, 6) is 0.579. The minimum atomic E-state index is -0.0903. The zero-order valence-corrected chi connectivity index (χ0v) is 16.5. The Morgan fingerprint density at radius 2 is 2.00 bits per heavy atom. The van der Waals surface area contributed by atoms with Gasteiger partial charge in [0.1, 0.15) is 5.52 Å². The Bertz CT molecular complexity index is 933. The molecule has 29 heavy (non-hydrogen) atoms. The Morgan fingerprint density at radius 3 is 2.79 bits per heavy atom. The summed E-state index contributed by atoms with van der Waals surface area (Å²) < 4.78 is 11.5. The first-order valence-corrected chi connectivity index (χ1v) is 9.94. The van der Waals surface area contributed by atoms with Crippen molar-refractivity contribution in [2.45, 2.75) is 19.9 Å². The van der Waals surface area contributed by atoms with E-state index in [9.17, 15) is 4.79 Å². The fourth-order valence-corrected chi connectivity index (χ4v) is 3.27. The van der Waals surface area contributed by atoms with E-state index in [2.05, 4.69) is 20.2 Å². The van der Waals surface area contributed by atoms with Gasteiger partial charge in [0.05, 0.1) is 6.61 Å². The van der Waals surface area contributed by atoms with Crippen LogP contribution in [0, 0.1) is 0 Å². The molecule has 1 aromatic carbocycles. The Kier molecular flexibility index (Phi) is 5.79. The lowest BCUT2D eigenvalue weighted by atomic mass is 10.2. The predicted molar refractivity (Wildman–Crippen MR) is 110 cm³/mol. The van der Waals surface area contributed by atoms with Gasteiger partial charge in [0.25, 0.3) is 6.01 Å². The van der Waals surface area contributed by atoms with Crippen LogP contribution in [0.5, 0.6) is 5.88 Å². The minimum absolute atomic E-state index is 0.0903. The molecule has 1 aliphatic heterocycles. The van der Waals surface area contributed by atoms with Gasteiger partial charge in [-0.15, -0.1) is 0 Å². The Balaban J connectivity index is 1.30. The molecule has 2 amide bonds. The monoisotopic (exact) mass is 395 g/mol. The standard InChI is InChI=1S/C21H25N5O3/c1-2-14-28-19-16(6-5-9-22-19)15-23-20(27)25-10-12-26(13-11-25)21-24-17-7-3-4-8-18(17)29-21/h3-9H,2,10-15H2,1H3,(H,23,27). The third kappa shape index (κ3) is 4.42. The van der Waals surface area contributed by atoms with E-state index in [-0.39, 0.29) is 6.03 Å². The number of anilines is 1. The summed E-state index contributed by atoms with van der Waals surface area (Å²) in [6, 6.07) is 12.0. The number of fused-ring (bicyclic) bond motifs is 1. The van der Waals surface area contributed by atoms with Crippen molar-refractivity contribution in [2.24, 2.45) is 0 Å². The number of urea groups is 1. The van der Waals surface area contributed by atoms with Gasteiger partial charge in [0.2, 0.25) is 5.88 Å². The molecular formula is C21H25N5O3. The van der Waals surface area contributed by atoms with Crippen LogP contribution >= 0.6 is 0 Å². The first kappa shape index (κ1) is 19.0. The molecule has 3 heterocycles. The average Bonchev–Trinajstić information content (AvgIpc) is 3.21. The van der Waals surface area contributed by atoms with Crippen molar-refractivity contribution in [2.75, 3.05) is 37.7 Å². The number of para-hydroxylation sites is 2. The lowest BCUT2D eigenvalue weighted by Crippen LogP contribution is -2.51. The fraction of sp³-hybridized carbons (Fsp3) is 0.381. The molecule has 0 unspecified atom stereocenters. The van der Waals surface area contributed by atoms with Gasteiger partial charge in [-0.1, -0.05) is 25.1 Å². The number of hydrogen-bond acceptors (Lipinski definition) is 6. The topological polar surface area (TPSA) is 83.7 Å². The van der Waals surface area contributed by atoms with Crippen molar-refractivity contribution in [1.29, 1.82) is 0 Å². The number of carbonyl (C=O) groups excluding carboxylic acids is 1. The van der Waals surface area contributed by atoms with E-state index in [1.54, 1.807) is 6.20 Å². The number of hydrogen-bond donors (Lipinski definition) is 1. The molecule has 1 saturated heterocycles. The second-order valence-corrected chi connectivity index (χ2v) is 6.91. The first-order chi connectivity index (χ1) is 14.2. The Labute approximate surface area is 169 Å². The summed E-state index contributed by atoms with van der Waals surface area (Å²) >= 11 is 0. The van der Waals surface area contributed by atoms with E-state index in [1.165, 1.54) is 0 Å². The molecule has 8 heteroatoms. The number of oxazole rings is 1. The van der Waals surface area contributed by atoms with Gasteiger partial charge in [0.15, 0.2) is 5.58 Å². The quantitative estimate of drug-likeness (QED) is 0.691. The highest BCUT2D eigenvalue weighted by molar-refractivity contribution is 5.75. The van der Waals surface area contributed by atoms with Crippen LogP contribution in [0.15, 0.2) is 47.0 Å². The molecule has 3 aromatic rings. The molecule has 0 bridgehead atoms. The normalized spacial score (nSPS) is 14.2. The molecule has 0 atom stereocenters. The molecule has 4 rings (SSSR count). The maximum atomic E-state index is 12.6. The third-order valence-corrected chi connectivity index (χ3v) is 4.84. The van der Waals surface area contributed by atoms with E-state index in [0.717, 1.165) is 23.1 Å². The summed E-state index contributed by atoms with van der Waals surface area (Å²) in [6.45, 7) is 5.61. The molecule has 0 aliphatic carbocycles. The predicted octanol–water partition coefficient (Wildman–Crippen LogP) is 3.04. The number of ether oxygens (including phenoxy) is 1. The number of amides is 2. The SMILES string of the molecule is CCCOc1ncccc1CNC(=O)N1CCN(c2nc3ccccc3o2)CC1. The number of nitrogens with one attached hydrogen (secondary N) is 1. The van der Waals surface area contributed by atoms with Crippen molar-refractivity contribution < 1.29 is 13.9 Å². The number of piperazine rings is 1. The van der Waals surface area contributed by atoms with Crippen LogP contribution < -0.4 is 15.0 Å². The summed E-state index contributed by atoms with van der Waals surface area (Å²) in [6.07, 6.45) is 2.61. The summed E-state index contributed by atoms with van der Waals surface area (Å²) in [7, 11) is 0. The number of benzene rings is 1. The zero-order chi connectivity index (χ0) is 20.1. The molecule has 1 aliphatic rings. The van der Waals surface area contributed by atoms with Crippen molar-refractivity contribution in [3.8, 4) is 5.88 Å². The Hall–Kier alpha value is -3.29. The van der Waals surface area contributed by atoms with Crippen molar-refractivity contribution in [3.05, 3.63) is 48.2 Å². The summed E-state index contributed by atoms with van der Waals surface area (Å²) in [4.78, 5) is 25.2. The van der Waals surface area contributed by atoms with E-state index in [4.69, 9.17) is 9.15 Å². The van der Waals surface area contributed by atoms with Crippen LogP contribution in [0.2, 0.25) is 0 Å². The maximum absolute atomic E-state index is 12.6. The number of carbonyl (C=O) groups is 1. The highest BCUT2D eigenvalue weighted by atomic mass is 16.5. The van der Waals surface area contributed by atoms with Gasteiger partial charge >= 0.3 is 6.03 Å². The lowest BCUT2D eigenvalue weighted by molar-refractivity contribution is 0.193. The van der Waals surface area contributed by atoms with Gasteiger partial charge in [-0.3, -0.25) is 0 Å². The molecule has 0 spiro atoms. The van der Waals surface area contributed by atoms with Crippen LogP contribution in [-0.2, 0) is 6.54 Å². The number of pyridine rings is 1. The minimum Gasteiger partial charge on any atom is -0.477 e. The lowest BCUT2D eigenvalue weighted by Gasteiger charge is -2.33. The van der Waals surface area contributed by atoms with E-state index in [1.807, 2.05) is 48.2 Å². The second kappa shape index (κ2) is 8.81. The van der Waals surface area contributed by atoms with Crippen molar-refractivity contribution in [1.82, 2.24) is 20.2 Å². The molecule has 0 radical (unpaired) electrons. The van der Waals surface area contributed by atoms with Gasteiger partial charge in [-0.2, -0.15) is 4.98 Å². The van der Waals surface area contributed by atoms with Gasteiger partial charge in [0, 0.05) is 44.5 Å². The van der Waals surface area contributed by atoms with Crippen LogP contribution in [-0.4, -0.2) is 53.7 Å². The smallest absolute Gasteiger partial charge is 0.317 e. The van der Waals surface area contributed by atoms with Crippen molar-refractivity contribution >= 4 is 23.1 Å². The van der Waals surface area contributed by atoms with Gasteiger partial charge in [-0.05, 0) is 24.6 Å². The van der Waals surface area contributed by atoms with Gasteiger partial charge < -0.3 is 24.3 Å². The molecular weight excluding hydrogens is 370 g/mol. The summed E-state index contributed by atoms with van der Waals surface area (Å²) in [5.41, 5.74) is 2.50. The molecule has 152 valence electrons.